The van der Waals surface area contributed by atoms with E-state index < -0.39 is 6.29 Å². The van der Waals surface area contributed by atoms with Crippen molar-refractivity contribution < 1.29 is 9.84 Å². The molecule has 0 bridgehead atoms. The third-order valence-corrected chi connectivity index (χ3v) is 2.58. The smallest absolute Gasteiger partial charge is 0.157 e. The van der Waals surface area contributed by atoms with Gasteiger partial charge in [0.2, 0.25) is 0 Å². The zero-order valence-electron chi connectivity index (χ0n) is 6.87. The first-order chi connectivity index (χ1) is 4.66. The van der Waals surface area contributed by atoms with Gasteiger partial charge in [0.15, 0.2) is 6.29 Å². The molecule has 2 heteroatoms. The van der Waals surface area contributed by atoms with Crippen LogP contribution in [0, 0.1) is 11.8 Å². The Morgan fingerprint density at radius 1 is 1.30 bits per heavy atom. The van der Waals surface area contributed by atoms with Gasteiger partial charge in [-0.15, -0.1) is 0 Å². The van der Waals surface area contributed by atoms with Crippen LogP contribution in [0.3, 0.4) is 0 Å². The molecule has 0 aliphatic carbocycles. The summed E-state index contributed by atoms with van der Waals surface area (Å²) in [4.78, 5) is 0. The fourth-order valence-corrected chi connectivity index (χ4v) is 1.49. The van der Waals surface area contributed by atoms with E-state index in [1.807, 2.05) is 6.92 Å². The molecule has 60 valence electrons. The van der Waals surface area contributed by atoms with Crippen molar-refractivity contribution in [1.29, 1.82) is 0 Å². The first kappa shape index (κ1) is 8.02. The van der Waals surface area contributed by atoms with E-state index in [-0.39, 0.29) is 6.10 Å². The van der Waals surface area contributed by atoms with Crippen LogP contribution in [0.15, 0.2) is 0 Å². The van der Waals surface area contributed by atoms with Gasteiger partial charge in [-0.05, 0) is 12.3 Å². The Labute approximate surface area is 62.2 Å². The lowest BCUT2D eigenvalue weighted by atomic mass is 9.92. The number of hydrogen-bond donors (Lipinski definition) is 1. The van der Waals surface area contributed by atoms with Crippen molar-refractivity contribution in [2.75, 3.05) is 0 Å². The number of aliphatic hydroxyl groups is 1. The van der Waals surface area contributed by atoms with Crippen LogP contribution in [0.1, 0.15) is 27.2 Å². The lowest BCUT2D eigenvalue weighted by molar-refractivity contribution is -0.106. The molecule has 1 fully saturated rings. The van der Waals surface area contributed by atoms with E-state index in [9.17, 15) is 5.11 Å². The summed E-state index contributed by atoms with van der Waals surface area (Å²) in [6, 6.07) is 0. The summed E-state index contributed by atoms with van der Waals surface area (Å²) < 4.78 is 5.29. The Morgan fingerprint density at radius 2 is 1.90 bits per heavy atom. The van der Waals surface area contributed by atoms with E-state index in [0.29, 0.717) is 11.8 Å². The molecule has 1 aliphatic rings. The Hall–Kier alpha value is -0.0800. The average Bonchev–Trinajstić information content (AvgIpc) is 2.17. The molecule has 1 saturated heterocycles. The van der Waals surface area contributed by atoms with Gasteiger partial charge in [0, 0.05) is 5.92 Å². The maximum absolute atomic E-state index is 9.25. The summed E-state index contributed by atoms with van der Waals surface area (Å²) in [6.07, 6.45) is 0.743. The van der Waals surface area contributed by atoms with Gasteiger partial charge >= 0.3 is 0 Å². The summed E-state index contributed by atoms with van der Waals surface area (Å²) >= 11 is 0. The van der Waals surface area contributed by atoms with Gasteiger partial charge in [-0.25, -0.2) is 0 Å². The van der Waals surface area contributed by atoms with Crippen LogP contribution in [0.4, 0.5) is 0 Å². The lowest BCUT2D eigenvalue weighted by Gasteiger charge is -2.12. The predicted molar refractivity (Wildman–Crippen MR) is 39.5 cm³/mol. The van der Waals surface area contributed by atoms with E-state index in [0.717, 1.165) is 6.42 Å². The minimum atomic E-state index is -0.528. The monoisotopic (exact) mass is 144 g/mol. The van der Waals surface area contributed by atoms with Gasteiger partial charge < -0.3 is 9.84 Å². The molecule has 0 aromatic carbocycles. The molecule has 1 rings (SSSR count). The van der Waals surface area contributed by atoms with Crippen molar-refractivity contribution in [1.82, 2.24) is 0 Å². The van der Waals surface area contributed by atoms with Crippen molar-refractivity contribution in [2.24, 2.45) is 11.8 Å². The first-order valence-corrected chi connectivity index (χ1v) is 4.00. The summed E-state index contributed by atoms with van der Waals surface area (Å²) in [5, 5.41) is 9.25. The van der Waals surface area contributed by atoms with E-state index in [2.05, 4.69) is 13.8 Å². The van der Waals surface area contributed by atoms with Crippen LogP contribution in [0.2, 0.25) is 0 Å². The van der Waals surface area contributed by atoms with Crippen LogP contribution in [0.5, 0.6) is 0 Å². The van der Waals surface area contributed by atoms with Crippen LogP contribution in [-0.4, -0.2) is 17.5 Å². The standard InChI is InChI=1S/C8H16O2/c1-4-7-5(2)6(3)8(9)10-7/h5-9H,4H2,1-3H3/t5?,6-,7+,8+/m1/s1. The fourth-order valence-electron chi connectivity index (χ4n) is 1.49. The minimum absolute atomic E-state index is 0.269. The van der Waals surface area contributed by atoms with E-state index >= 15 is 0 Å². The maximum Gasteiger partial charge on any atom is 0.157 e. The van der Waals surface area contributed by atoms with Crippen molar-refractivity contribution >= 4 is 0 Å². The van der Waals surface area contributed by atoms with E-state index in [1.54, 1.807) is 0 Å². The fraction of sp³-hybridized carbons (Fsp3) is 1.00. The topological polar surface area (TPSA) is 29.5 Å². The van der Waals surface area contributed by atoms with Crippen LogP contribution < -0.4 is 0 Å². The Balaban J connectivity index is 2.53. The van der Waals surface area contributed by atoms with E-state index in [1.165, 1.54) is 0 Å². The molecule has 0 aromatic heterocycles. The molecule has 1 unspecified atom stereocenters. The number of rotatable bonds is 1. The summed E-state index contributed by atoms with van der Waals surface area (Å²) in [5.41, 5.74) is 0. The highest BCUT2D eigenvalue weighted by Gasteiger charge is 2.36. The van der Waals surface area contributed by atoms with Gasteiger partial charge in [0.05, 0.1) is 6.10 Å². The molecule has 0 amide bonds. The Kier molecular flexibility index (Phi) is 2.32. The van der Waals surface area contributed by atoms with E-state index in [4.69, 9.17) is 4.74 Å². The number of aliphatic hydroxyl groups excluding tert-OH is 1. The summed E-state index contributed by atoms with van der Waals surface area (Å²) in [6.45, 7) is 6.26. The highest BCUT2D eigenvalue weighted by molar-refractivity contribution is 4.79. The van der Waals surface area contributed by atoms with Gasteiger partial charge in [-0.3, -0.25) is 0 Å². The second-order valence-electron chi connectivity index (χ2n) is 3.19. The minimum Gasteiger partial charge on any atom is -0.368 e. The first-order valence-electron chi connectivity index (χ1n) is 4.00. The third-order valence-electron chi connectivity index (χ3n) is 2.58. The van der Waals surface area contributed by atoms with Crippen molar-refractivity contribution in [3.8, 4) is 0 Å². The molecular formula is C8H16O2. The molecule has 1 heterocycles. The Morgan fingerprint density at radius 3 is 2.10 bits per heavy atom. The molecule has 10 heavy (non-hydrogen) atoms. The summed E-state index contributed by atoms with van der Waals surface area (Å²) in [7, 11) is 0. The van der Waals surface area contributed by atoms with Crippen LogP contribution in [0.25, 0.3) is 0 Å². The van der Waals surface area contributed by atoms with Crippen LogP contribution in [-0.2, 0) is 4.74 Å². The lowest BCUT2D eigenvalue weighted by Crippen LogP contribution is -2.15. The van der Waals surface area contributed by atoms with Crippen molar-refractivity contribution in [3.63, 3.8) is 0 Å². The van der Waals surface area contributed by atoms with Crippen molar-refractivity contribution in [2.45, 2.75) is 39.6 Å². The third kappa shape index (κ3) is 1.18. The van der Waals surface area contributed by atoms with Gasteiger partial charge in [-0.2, -0.15) is 0 Å². The highest BCUT2D eigenvalue weighted by atomic mass is 16.6. The molecule has 0 spiro atoms. The zero-order chi connectivity index (χ0) is 7.72. The molecule has 1 N–H and O–H groups in total. The average molecular weight is 144 g/mol. The van der Waals surface area contributed by atoms with Gasteiger partial charge in [-0.1, -0.05) is 20.8 Å². The van der Waals surface area contributed by atoms with Crippen molar-refractivity contribution in [3.05, 3.63) is 0 Å². The zero-order valence-corrected chi connectivity index (χ0v) is 6.87. The largest absolute Gasteiger partial charge is 0.368 e. The molecular weight excluding hydrogens is 128 g/mol. The normalized spacial score (nSPS) is 48.0. The van der Waals surface area contributed by atoms with Gasteiger partial charge in [0.1, 0.15) is 0 Å². The highest BCUT2D eigenvalue weighted by Crippen LogP contribution is 2.31. The SMILES string of the molecule is CC[C@@H]1O[C@H](O)[C@H](C)C1C. The summed E-state index contributed by atoms with van der Waals surface area (Å²) in [5.74, 6) is 0.796. The van der Waals surface area contributed by atoms with Gasteiger partial charge in [0.25, 0.3) is 0 Å². The Bertz CT molecular complexity index is 114. The quantitative estimate of drug-likeness (QED) is 0.602. The number of ether oxygens (including phenoxy) is 1. The number of hydrogen-bond acceptors (Lipinski definition) is 2. The second kappa shape index (κ2) is 2.89. The molecule has 0 saturated carbocycles. The van der Waals surface area contributed by atoms with Crippen LogP contribution >= 0.6 is 0 Å². The maximum atomic E-state index is 9.25. The molecule has 0 radical (unpaired) electrons. The molecule has 4 atom stereocenters. The molecule has 0 aromatic rings. The predicted octanol–water partition coefficient (Wildman–Crippen LogP) is 1.39. The molecule has 2 nitrogen and oxygen atoms in total. The second-order valence-corrected chi connectivity index (χ2v) is 3.19. The molecule has 1 aliphatic heterocycles.